The van der Waals surface area contributed by atoms with Crippen LogP contribution in [0.2, 0.25) is 0 Å². The first-order valence-electron chi connectivity index (χ1n) is 9.20. The summed E-state index contributed by atoms with van der Waals surface area (Å²) >= 11 is 0. The van der Waals surface area contributed by atoms with Crippen molar-refractivity contribution in [1.82, 2.24) is 0 Å². The Morgan fingerprint density at radius 2 is 1.82 bits per heavy atom. The van der Waals surface area contributed by atoms with Gasteiger partial charge in [0, 0.05) is 11.6 Å². The third-order valence-corrected chi connectivity index (χ3v) is 4.22. The first-order valence-corrected chi connectivity index (χ1v) is 9.20. The molecule has 3 rings (SSSR count). The lowest BCUT2D eigenvalue weighted by Crippen LogP contribution is -2.14. The fourth-order valence-electron chi connectivity index (χ4n) is 2.75. The maximum Gasteiger partial charge on any atom is 0.374 e. The Morgan fingerprint density at radius 3 is 2.57 bits per heavy atom. The zero-order chi connectivity index (χ0) is 19.9. The number of nitrogens with one attached hydrogen (secondary N) is 1. The molecule has 6 nitrogen and oxygen atoms in total. The fourth-order valence-corrected chi connectivity index (χ4v) is 2.75. The quantitative estimate of drug-likeness (QED) is 0.486. The van der Waals surface area contributed by atoms with Crippen molar-refractivity contribution < 1.29 is 18.7 Å². The number of amides is 1. The van der Waals surface area contributed by atoms with E-state index in [0.717, 1.165) is 25.3 Å². The number of ether oxygens (including phenoxy) is 1. The van der Waals surface area contributed by atoms with Crippen LogP contribution in [0.15, 0.2) is 63.8 Å². The molecule has 6 heteroatoms. The van der Waals surface area contributed by atoms with Crippen molar-refractivity contribution >= 4 is 28.5 Å². The molecule has 1 amide bonds. The van der Waals surface area contributed by atoms with Crippen LogP contribution < -0.4 is 10.7 Å². The van der Waals surface area contributed by atoms with Crippen LogP contribution in [0.25, 0.3) is 11.0 Å². The maximum absolute atomic E-state index is 12.4. The monoisotopic (exact) mass is 379 g/mol. The normalized spacial score (nSPS) is 10.6. The average Bonchev–Trinajstić information content (AvgIpc) is 2.72. The lowest BCUT2D eigenvalue weighted by atomic mass is 10.1. The number of carbonyl (C=O) groups excluding carboxylic acids is 2. The van der Waals surface area contributed by atoms with Crippen LogP contribution in [-0.4, -0.2) is 18.5 Å². The third kappa shape index (κ3) is 4.46. The van der Waals surface area contributed by atoms with E-state index in [1.165, 1.54) is 0 Å². The molecule has 0 saturated heterocycles. The molecule has 0 unspecified atom stereocenters. The van der Waals surface area contributed by atoms with Crippen molar-refractivity contribution in [3.05, 3.63) is 76.1 Å². The Hall–Kier alpha value is -3.41. The SMILES string of the molecule is CCCCCOC(=O)c1cc(=O)c2cccc(NC(=O)c3ccccc3)c2o1. The van der Waals surface area contributed by atoms with Gasteiger partial charge in [0.05, 0.1) is 17.7 Å². The molecule has 1 heterocycles. The number of unbranched alkanes of at least 4 members (excludes halogenated alkanes) is 2. The number of hydrogen-bond donors (Lipinski definition) is 1. The maximum atomic E-state index is 12.4. The zero-order valence-corrected chi connectivity index (χ0v) is 15.6. The van der Waals surface area contributed by atoms with Gasteiger partial charge in [-0.3, -0.25) is 9.59 Å². The van der Waals surface area contributed by atoms with Gasteiger partial charge in [-0.2, -0.15) is 0 Å². The summed E-state index contributed by atoms with van der Waals surface area (Å²) in [6.45, 7) is 2.32. The molecule has 0 radical (unpaired) electrons. The smallest absolute Gasteiger partial charge is 0.374 e. The van der Waals surface area contributed by atoms with Gasteiger partial charge in [-0.1, -0.05) is 44.0 Å². The van der Waals surface area contributed by atoms with Gasteiger partial charge in [0.2, 0.25) is 5.76 Å². The van der Waals surface area contributed by atoms with E-state index < -0.39 is 5.97 Å². The molecule has 0 aliphatic rings. The summed E-state index contributed by atoms with van der Waals surface area (Å²) in [5, 5.41) is 3.00. The number of fused-ring (bicyclic) bond motifs is 1. The van der Waals surface area contributed by atoms with Crippen molar-refractivity contribution in [3.8, 4) is 0 Å². The van der Waals surface area contributed by atoms with E-state index in [4.69, 9.17) is 9.15 Å². The molecule has 0 spiro atoms. The van der Waals surface area contributed by atoms with E-state index in [0.29, 0.717) is 11.3 Å². The zero-order valence-electron chi connectivity index (χ0n) is 15.6. The number of carbonyl (C=O) groups is 2. The Balaban J connectivity index is 1.89. The number of esters is 1. The number of para-hydroxylation sites is 1. The van der Waals surface area contributed by atoms with E-state index in [1.807, 2.05) is 6.07 Å². The number of anilines is 1. The summed E-state index contributed by atoms with van der Waals surface area (Å²) in [6, 6.07) is 14.6. The van der Waals surface area contributed by atoms with E-state index in [1.54, 1.807) is 42.5 Å². The summed E-state index contributed by atoms with van der Waals surface area (Å²) in [5.41, 5.74) is 0.537. The van der Waals surface area contributed by atoms with Crippen molar-refractivity contribution in [2.45, 2.75) is 26.2 Å². The van der Waals surface area contributed by atoms with Gasteiger partial charge in [-0.25, -0.2) is 4.79 Å². The molecule has 0 atom stereocenters. The summed E-state index contributed by atoms with van der Waals surface area (Å²) in [4.78, 5) is 37.1. The van der Waals surface area contributed by atoms with Crippen molar-refractivity contribution in [3.63, 3.8) is 0 Å². The standard InChI is InChI=1S/C22H21NO5/c1-2-3-7-13-27-22(26)19-14-18(24)16-11-8-12-17(20(16)28-19)23-21(25)15-9-5-4-6-10-15/h4-6,8-12,14H,2-3,7,13H2,1H3,(H,23,25). The lowest BCUT2D eigenvalue weighted by molar-refractivity contribution is 0.0462. The number of hydrogen-bond acceptors (Lipinski definition) is 5. The van der Waals surface area contributed by atoms with Crippen LogP contribution in [0.1, 0.15) is 47.1 Å². The minimum absolute atomic E-state index is 0.139. The molecule has 144 valence electrons. The van der Waals surface area contributed by atoms with Gasteiger partial charge in [0.15, 0.2) is 11.0 Å². The molecular weight excluding hydrogens is 358 g/mol. The molecular formula is C22H21NO5. The summed E-state index contributed by atoms with van der Waals surface area (Å²) in [7, 11) is 0. The summed E-state index contributed by atoms with van der Waals surface area (Å²) in [6.07, 6.45) is 2.70. The van der Waals surface area contributed by atoms with Gasteiger partial charge in [-0.05, 0) is 30.7 Å². The molecule has 0 saturated carbocycles. The Kier molecular flexibility index (Phi) is 6.22. The van der Waals surface area contributed by atoms with Crippen LogP contribution in [0.3, 0.4) is 0 Å². The van der Waals surface area contributed by atoms with Crippen molar-refractivity contribution in [2.75, 3.05) is 11.9 Å². The predicted molar refractivity (Wildman–Crippen MR) is 107 cm³/mol. The fraction of sp³-hybridized carbons (Fsp3) is 0.227. The lowest BCUT2D eigenvalue weighted by Gasteiger charge is -2.09. The molecule has 0 aliphatic heterocycles. The molecule has 28 heavy (non-hydrogen) atoms. The van der Waals surface area contributed by atoms with Crippen LogP contribution in [0.5, 0.6) is 0 Å². The highest BCUT2D eigenvalue weighted by molar-refractivity contribution is 6.08. The highest BCUT2D eigenvalue weighted by Gasteiger charge is 2.17. The van der Waals surface area contributed by atoms with Gasteiger partial charge >= 0.3 is 5.97 Å². The van der Waals surface area contributed by atoms with Gasteiger partial charge in [0.1, 0.15) is 0 Å². The van der Waals surface area contributed by atoms with E-state index in [-0.39, 0.29) is 34.7 Å². The van der Waals surface area contributed by atoms with E-state index in [2.05, 4.69) is 12.2 Å². The van der Waals surface area contributed by atoms with Crippen molar-refractivity contribution in [1.29, 1.82) is 0 Å². The second-order valence-corrected chi connectivity index (χ2v) is 6.32. The Labute approximate surface area is 162 Å². The summed E-state index contributed by atoms with van der Waals surface area (Å²) < 4.78 is 10.8. The minimum Gasteiger partial charge on any atom is -0.460 e. The minimum atomic E-state index is -0.695. The molecule has 0 fully saturated rings. The first kappa shape index (κ1) is 19.4. The molecule has 3 aromatic rings. The van der Waals surface area contributed by atoms with Crippen LogP contribution in [-0.2, 0) is 4.74 Å². The molecule has 0 bridgehead atoms. The highest BCUT2D eigenvalue weighted by Crippen LogP contribution is 2.23. The largest absolute Gasteiger partial charge is 0.460 e. The van der Waals surface area contributed by atoms with Crippen LogP contribution in [0, 0.1) is 0 Å². The van der Waals surface area contributed by atoms with Gasteiger partial charge < -0.3 is 14.5 Å². The topological polar surface area (TPSA) is 85.6 Å². The number of rotatable bonds is 7. The predicted octanol–water partition coefficient (Wildman–Crippen LogP) is 4.39. The number of benzene rings is 2. The third-order valence-electron chi connectivity index (χ3n) is 4.22. The van der Waals surface area contributed by atoms with E-state index >= 15 is 0 Å². The molecule has 0 aliphatic carbocycles. The molecule has 2 aromatic carbocycles. The highest BCUT2D eigenvalue weighted by atomic mass is 16.5. The summed E-state index contributed by atoms with van der Waals surface area (Å²) in [5.74, 6) is -1.22. The molecule has 1 aromatic heterocycles. The Morgan fingerprint density at radius 1 is 1.04 bits per heavy atom. The van der Waals surface area contributed by atoms with Crippen molar-refractivity contribution in [2.24, 2.45) is 0 Å². The second kappa shape index (κ2) is 8.99. The first-order chi connectivity index (χ1) is 13.6. The Bertz CT molecular complexity index is 1040. The van der Waals surface area contributed by atoms with Crippen LogP contribution in [0.4, 0.5) is 5.69 Å². The molecule has 1 N–H and O–H groups in total. The van der Waals surface area contributed by atoms with Gasteiger partial charge in [0.25, 0.3) is 5.91 Å². The van der Waals surface area contributed by atoms with E-state index in [9.17, 15) is 14.4 Å². The van der Waals surface area contributed by atoms with Crippen LogP contribution >= 0.6 is 0 Å². The average molecular weight is 379 g/mol. The second-order valence-electron chi connectivity index (χ2n) is 6.32. The van der Waals surface area contributed by atoms with Gasteiger partial charge in [-0.15, -0.1) is 0 Å².